The quantitative estimate of drug-likeness (QED) is 0.899. The molecule has 1 N–H and O–H groups in total. The molecular weight excluding hydrogens is 326 g/mol. The third kappa shape index (κ3) is 4.29. The second-order valence-electron chi connectivity index (χ2n) is 6.41. The number of likely N-dealkylation sites (tertiary alicyclic amines) is 1. The lowest BCUT2D eigenvalue weighted by atomic mass is 10.0. The van der Waals surface area contributed by atoms with E-state index in [1.165, 1.54) is 0 Å². The molecule has 0 spiro atoms. The first-order valence-corrected chi connectivity index (χ1v) is 8.40. The van der Waals surface area contributed by atoms with Crippen molar-refractivity contribution in [1.29, 1.82) is 0 Å². The zero-order valence-corrected chi connectivity index (χ0v) is 14.1. The zero-order valence-electron chi connectivity index (χ0n) is 14.1. The molecular formula is C18H22F2N4O. The van der Waals surface area contributed by atoms with Crippen LogP contribution in [-0.4, -0.2) is 52.9 Å². The van der Waals surface area contributed by atoms with E-state index in [1.807, 2.05) is 19.2 Å². The summed E-state index contributed by atoms with van der Waals surface area (Å²) in [6.07, 6.45) is 2.42. The van der Waals surface area contributed by atoms with E-state index in [0.717, 1.165) is 49.9 Å². The van der Waals surface area contributed by atoms with E-state index in [9.17, 15) is 13.9 Å². The van der Waals surface area contributed by atoms with Crippen LogP contribution < -0.4 is 4.90 Å². The highest BCUT2D eigenvalue weighted by atomic mass is 19.1. The molecule has 1 atom stereocenters. The van der Waals surface area contributed by atoms with E-state index in [2.05, 4.69) is 20.0 Å². The minimum absolute atomic E-state index is 0.0128. The van der Waals surface area contributed by atoms with Gasteiger partial charge in [-0.15, -0.1) is 5.10 Å². The van der Waals surface area contributed by atoms with Crippen molar-refractivity contribution in [1.82, 2.24) is 15.1 Å². The van der Waals surface area contributed by atoms with Crippen LogP contribution in [0.15, 0.2) is 36.5 Å². The van der Waals surface area contributed by atoms with Gasteiger partial charge >= 0.3 is 0 Å². The molecule has 1 fully saturated rings. The van der Waals surface area contributed by atoms with Crippen LogP contribution >= 0.6 is 0 Å². The number of β-amino-alcohol motifs (C(OH)–C–C–N with tert-alkyl or cyclic N) is 1. The summed E-state index contributed by atoms with van der Waals surface area (Å²) in [5.74, 6) is -0.284. The van der Waals surface area contributed by atoms with Crippen molar-refractivity contribution >= 4 is 5.82 Å². The molecule has 1 aliphatic rings. The van der Waals surface area contributed by atoms with Gasteiger partial charge in [-0.05, 0) is 43.2 Å². The van der Waals surface area contributed by atoms with Crippen LogP contribution in [0.5, 0.6) is 0 Å². The van der Waals surface area contributed by atoms with E-state index < -0.39 is 17.7 Å². The number of hydrogen-bond donors (Lipinski definition) is 1. The maximum Gasteiger partial charge on any atom is 0.151 e. The Labute approximate surface area is 145 Å². The number of anilines is 1. The van der Waals surface area contributed by atoms with Gasteiger partial charge in [-0.25, -0.2) is 8.78 Å². The molecule has 0 aliphatic carbocycles. The molecule has 25 heavy (non-hydrogen) atoms. The standard InChI is InChI=1S/C18H22F2N4O/c1-23(18-3-2-8-21-22-18)14-6-9-24(10-7-14)12-17(25)15-11-13(19)4-5-16(15)20/h2-5,8,11,14,17,25H,6-7,9-10,12H2,1H3. The summed E-state index contributed by atoms with van der Waals surface area (Å²) in [5.41, 5.74) is 0.0128. The topological polar surface area (TPSA) is 52.5 Å². The minimum Gasteiger partial charge on any atom is -0.387 e. The molecule has 7 heteroatoms. The number of rotatable bonds is 5. The van der Waals surface area contributed by atoms with Crippen LogP contribution in [0.3, 0.4) is 0 Å². The van der Waals surface area contributed by atoms with Gasteiger partial charge in [0.1, 0.15) is 11.6 Å². The Bertz CT molecular complexity index is 693. The minimum atomic E-state index is -1.04. The normalized spacial score (nSPS) is 17.4. The lowest BCUT2D eigenvalue weighted by Crippen LogP contribution is -2.44. The highest BCUT2D eigenvalue weighted by molar-refractivity contribution is 5.36. The molecule has 0 amide bonds. The molecule has 1 aromatic carbocycles. The molecule has 2 heterocycles. The zero-order chi connectivity index (χ0) is 17.8. The van der Waals surface area contributed by atoms with E-state index >= 15 is 0 Å². The Morgan fingerprint density at radius 1 is 1.28 bits per heavy atom. The van der Waals surface area contributed by atoms with Gasteiger partial charge in [0, 0.05) is 44.5 Å². The molecule has 1 unspecified atom stereocenters. The van der Waals surface area contributed by atoms with Crippen molar-refractivity contribution < 1.29 is 13.9 Å². The molecule has 0 radical (unpaired) electrons. The monoisotopic (exact) mass is 348 g/mol. The lowest BCUT2D eigenvalue weighted by Gasteiger charge is -2.37. The third-order valence-electron chi connectivity index (χ3n) is 4.77. The molecule has 1 aliphatic heterocycles. The summed E-state index contributed by atoms with van der Waals surface area (Å²) in [6, 6.07) is 7.30. The summed E-state index contributed by atoms with van der Waals surface area (Å²) in [6.45, 7) is 1.86. The summed E-state index contributed by atoms with van der Waals surface area (Å²) in [4.78, 5) is 4.20. The highest BCUT2D eigenvalue weighted by Gasteiger charge is 2.25. The molecule has 1 saturated heterocycles. The molecule has 5 nitrogen and oxygen atoms in total. The average Bonchev–Trinajstić information content (AvgIpc) is 2.64. The Morgan fingerprint density at radius 3 is 2.72 bits per heavy atom. The van der Waals surface area contributed by atoms with Crippen LogP contribution in [0.2, 0.25) is 0 Å². The summed E-state index contributed by atoms with van der Waals surface area (Å²) in [5, 5.41) is 18.3. The second kappa shape index (κ2) is 7.84. The van der Waals surface area contributed by atoms with E-state index in [0.29, 0.717) is 12.6 Å². The second-order valence-corrected chi connectivity index (χ2v) is 6.41. The van der Waals surface area contributed by atoms with Crippen molar-refractivity contribution in [3.8, 4) is 0 Å². The fourth-order valence-corrected chi connectivity index (χ4v) is 3.27. The van der Waals surface area contributed by atoms with Crippen molar-refractivity contribution in [2.24, 2.45) is 0 Å². The average molecular weight is 348 g/mol. The molecule has 3 rings (SSSR count). The number of aromatic nitrogens is 2. The van der Waals surface area contributed by atoms with Crippen LogP contribution in [0.25, 0.3) is 0 Å². The fourth-order valence-electron chi connectivity index (χ4n) is 3.27. The van der Waals surface area contributed by atoms with Gasteiger partial charge in [-0.3, -0.25) is 0 Å². The molecule has 0 saturated carbocycles. The number of nitrogens with zero attached hydrogens (tertiary/aromatic N) is 4. The number of aliphatic hydroxyl groups excluding tert-OH is 1. The van der Waals surface area contributed by atoms with Gasteiger partial charge in [-0.1, -0.05) is 0 Å². The maximum atomic E-state index is 13.8. The Kier molecular flexibility index (Phi) is 5.55. The molecule has 0 bridgehead atoms. The Morgan fingerprint density at radius 2 is 2.04 bits per heavy atom. The van der Waals surface area contributed by atoms with Gasteiger partial charge < -0.3 is 14.9 Å². The smallest absolute Gasteiger partial charge is 0.151 e. The van der Waals surface area contributed by atoms with Crippen molar-refractivity contribution in [3.05, 3.63) is 53.7 Å². The largest absolute Gasteiger partial charge is 0.387 e. The number of benzene rings is 1. The number of hydrogen-bond acceptors (Lipinski definition) is 5. The Hall–Kier alpha value is -2.12. The van der Waals surface area contributed by atoms with Crippen LogP contribution in [0.1, 0.15) is 24.5 Å². The van der Waals surface area contributed by atoms with E-state index in [1.54, 1.807) is 6.20 Å². The first-order chi connectivity index (χ1) is 12.0. The van der Waals surface area contributed by atoms with Crippen molar-refractivity contribution in [3.63, 3.8) is 0 Å². The van der Waals surface area contributed by atoms with Crippen molar-refractivity contribution in [2.75, 3.05) is 31.6 Å². The number of halogens is 2. The first kappa shape index (κ1) is 17.7. The van der Waals surface area contributed by atoms with Crippen LogP contribution in [-0.2, 0) is 0 Å². The number of piperidine rings is 1. The third-order valence-corrected chi connectivity index (χ3v) is 4.77. The summed E-state index contributed by atoms with van der Waals surface area (Å²) >= 11 is 0. The SMILES string of the molecule is CN(c1cccnn1)C1CCN(CC(O)c2cc(F)ccc2F)CC1. The highest BCUT2D eigenvalue weighted by Crippen LogP contribution is 2.23. The van der Waals surface area contributed by atoms with Crippen LogP contribution in [0.4, 0.5) is 14.6 Å². The predicted octanol–water partition coefficient (Wildman–Crippen LogP) is 2.39. The molecule has 1 aromatic heterocycles. The van der Waals surface area contributed by atoms with Gasteiger partial charge in [0.15, 0.2) is 5.82 Å². The van der Waals surface area contributed by atoms with E-state index in [-0.39, 0.29) is 5.56 Å². The van der Waals surface area contributed by atoms with Crippen LogP contribution in [0, 0.1) is 11.6 Å². The fraction of sp³-hybridized carbons (Fsp3) is 0.444. The lowest BCUT2D eigenvalue weighted by molar-refractivity contribution is 0.0944. The molecule has 2 aromatic rings. The van der Waals surface area contributed by atoms with Gasteiger partial charge in [0.2, 0.25) is 0 Å². The van der Waals surface area contributed by atoms with Crippen molar-refractivity contribution in [2.45, 2.75) is 25.0 Å². The predicted molar refractivity (Wildman–Crippen MR) is 91.2 cm³/mol. The maximum absolute atomic E-state index is 13.8. The number of aliphatic hydroxyl groups is 1. The summed E-state index contributed by atoms with van der Waals surface area (Å²) < 4.78 is 27.0. The van der Waals surface area contributed by atoms with Gasteiger partial charge in [-0.2, -0.15) is 5.10 Å². The van der Waals surface area contributed by atoms with Gasteiger partial charge in [0.05, 0.1) is 6.10 Å². The van der Waals surface area contributed by atoms with Gasteiger partial charge in [0.25, 0.3) is 0 Å². The summed E-state index contributed by atoms with van der Waals surface area (Å²) in [7, 11) is 2.00. The first-order valence-electron chi connectivity index (χ1n) is 8.40. The van der Waals surface area contributed by atoms with E-state index in [4.69, 9.17) is 0 Å². The molecule has 134 valence electrons. The Balaban J connectivity index is 1.55.